The molecule has 4 heteroatoms. The lowest BCUT2D eigenvalue weighted by molar-refractivity contribution is 0.0898. The minimum atomic E-state index is 0. The van der Waals surface area contributed by atoms with E-state index >= 15 is 0 Å². The molecule has 0 spiro atoms. The molecule has 1 heterocycles. The zero-order valence-corrected chi connectivity index (χ0v) is 13.6. The summed E-state index contributed by atoms with van der Waals surface area (Å²) in [5.41, 5.74) is 9.00. The Morgan fingerprint density at radius 2 is 2.05 bits per heavy atom. The van der Waals surface area contributed by atoms with Gasteiger partial charge in [-0.05, 0) is 23.0 Å². The summed E-state index contributed by atoms with van der Waals surface area (Å²) >= 11 is 0. The van der Waals surface area contributed by atoms with Crippen molar-refractivity contribution in [2.45, 2.75) is 39.5 Å². The van der Waals surface area contributed by atoms with Crippen molar-refractivity contribution in [1.82, 2.24) is 4.90 Å². The average Bonchev–Trinajstić information content (AvgIpc) is 2.34. The van der Waals surface area contributed by atoms with E-state index in [9.17, 15) is 0 Å². The number of methoxy groups -OCH3 is 1. The molecule has 0 radical (unpaired) electrons. The van der Waals surface area contributed by atoms with Crippen molar-refractivity contribution in [3.8, 4) is 0 Å². The van der Waals surface area contributed by atoms with Gasteiger partial charge in [-0.25, -0.2) is 0 Å². The van der Waals surface area contributed by atoms with Gasteiger partial charge in [-0.15, -0.1) is 12.4 Å². The first-order chi connectivity index (χ1) is 9.01. The van der Waals surface area contributed by atoms with Crippen molar-refractivity contribution in [3.05, 3.63) is 35.4 Å². The number of benzene rings is 1. The highest BCUT2D eigenvalue weighted by Gasteiger charge is 2.33. The molecule has 0 amide bonds. The fraction of sp³-hybridized carbons (Fsp3) is 0.625. The van der Waals surface area contributed by atoms with Crippen molar-refractivity contribution in [3.63, 3.8) is 0 Å². The molecule has 2 N–H and O–H groups in total. The van der Waals surface area contributed by atoms with Crippen LogP contribution in [0.3, 0.4) is 0 Å². The third-order valence-electron chi connectivity index (χ3n) is 4.10. The Bertz CT molecular complexity index is 423. The van der Waals surface area contributed by atoms with E-state index in [2.05, 4.69) is 43.0 Å². The molecule has 0 aliphatic carbocycles. The minimum Gasteiger partial charge on any atom is -0.380 e. The van der Waals surface area contributed by atoms with E-state index in [1.54, 1.807) is 7.11 Å². The van der Waals surface area contributed by atoms with E-state index in [4.69, 9.17) is 10.5 Å². The molecule has 1 aliphatic rings. The number of rotatable bonds is 4. The van der Waals surface area contributed by atoms with Gasteiger partial charge in [0.2, 0.25) is 0 Å². The normalized spacial score (nSPS) is 22.3. The minimum absolute atomic E-state index is 0. The summed E-state index contributed by atoms with van der Waals surface area (Å²) in [6.07, 6.45) is 1.09. The molecule has 2 rings (SSSR count). The average molecular weight is 299 g/mol. The highest BCUT2D eigenvalue weighted by molar-refractivity contribution is 5.85. The molecule has 0 bridgehead atoms. The summed E-state index contributed by atoms with van der Waals surface area (Å²) in [5.74, 6) is 0. The second kappa shape index (κ2) is 7.41. The Labute approximate surface area is 128 Å². The predicted molar refractivity (Wildman–Crippen MR) is 86.1 cm³/mol. The summed E-state index contributed by atoms with van der Waals surface area (Å²) in [6, 6.07) is 8.99. The number of nitrogens with zero attached hydrogens (tertiary/aromatic N) is 1. The van der Waals surface area contributed by atoms with Gasteiger partial charge in [0.05, 0.1) is 6.61 Å². The molecule has 0 saturated carbocycles. The van der Waals surface area contributed by atoms with Gasteiger partial charge in [-0.3, -0.25) is 4.90 Å². The third-order valence-corrected chi connectivity index (χ3v) is 4.10. The zero-order chi connectivity index (χ0) is 13.9. The van der Waals surface area contributed by atoms with Crippen LogP contribution in [0.25, 0.3) is 0 Å². The van der Waals surface area contributed by atoms with Crippen molar-refractivity contribution < 1.29 is 4.74 Å². The number of nitrogens with two attached hydrogens (primary N) is 1. The molecule has 3 nitrogen and oxygen atoms in total. The van der Waals surface area contributed by atoms with Crippen LogP contribution in [0.15, 0.2) is 24.3 Å². The van der Waals surface area contributed by atoms with Gasteiger partial charge in [0.1, 0.15) is 0 Å². The van der Waals surface area contributed by atoms with E-state index < -0.39 is 0 Å². The molecule has 1 fully saturated rings. The predicted octanol–water partition coefficient (Wildman–Crippen LogP) is 2.81. The van der Waals surface area contributed by atoms with Crippen molar-refractivity contribution in [1.29, 1.82) is 0 Å². The maximum atomic E-state index is 6.19. The molecule has 1 aromatic carbocycles. The van der Waals surface area contributed by atoms with E-state index in [0.717, 1.165) is 26.1 Å². The Morgan fingerprint density at radius 3 is 2.70 bits per heavy atom. The maximum Gasteiger partial charge on any atom is 0.0713 e. The topological polar surface area (TPSA) is 38.5 Å². The lowest BCUT2D eigenvalue weighted by Gasteiger charge is -2.42. The Balaban J connectivity index is 0.00000200. The number of piperidine rings is 1. The summed E-state index contributed by atoms with van der Waals surface area (Å²) in [4.78, 5) is 2.51. The monoisotopic (exact) mass is 298 g/mol. The maximum absolute atomic E-state index is 6.19. The van der Waals surface area contributed by atoms with Crippen molar-refractivity contribution >= 4 is 12.4 Å². The lowest BCUT2D eigenvalue weighted by atomic mass is 9.79. The molecule has 1 saturated heterocycles. The largest absolute Gasteiger partial charge is 0.380 e. The quantitative estimate of drug-likeness (QED) is 0.929. The first-order valence-corrected chi connectivity index (χ1v) is 7.06. The van der Waals surface area contributed by atoms with Crippen LogP contribution in [0.4, 0.5) is 0 Å². The smallest absolute Gasteiger partial charge is 0.0713 e. The van der Waals surface area contributed by atoms with E-state index in [1.807, 2.05) is 0 Å². The van der Waals surface area contributed by atoms with Crippen LogP contribution in [0.1, 0.15) is 31.4 Å². The molecular formula is C16H27ClN2O. The van der Waals surface area contributed by atoms with Crippen molar-refractivity contribution in [2.24, 2.45) is 11.1 Å². The van der Waals surface area contributed by atoms with E-state index in [-0.39, 0.29) is 17.8 Å². The summed E-state index contributed by atoms with van der Waals surface area (Å²) in [5, 5.41) is 0. The molecule has 1 aliphatic heterocycles. The summed E-state index contributed by atoms with van der Waals surface area (Å²) in [6.45, 7) is 8.40. The Morgan fingerprint density at radius 1 is 1.35 bits per heavy atom. The first kappa shape index (κ1) is 17.4. The highest BCUT2D eigenvalue weighted by Crippen LogP contribution is 2.28. The number of halogens is 1. The van der Waals surface area contributed by atoms with E-state index in [1.165, 1.54) is 11.1 Å². The van der Waals surface area contributed by atoms with Crippen LogP contribution in [-0.4, -0.2) is 31.1 Å². The van der Waals surface area contributed by atoms with Crippen LogP contribution < -0.4 is 5.73 Å². The van der Waals surface area contributed by atoms with Crippen molar-refractivity contribution in [2.75, 3.05) is 20.2 Å². The molecule has 1 atom stereocenters. The number of ether oxygens (including phenoxy) is 1. The summed E-state index contributed by atoms with van der Waals surface area (Å²) in [7, 11) is 1.74. The van der Waals surface area contributed by atoms with Gasteiger partial charge in [0.25, 0.3) is 0 Å². The molecule has 0 aromatic heterocycles. The second-order valence-corrected chi connectivity index (χ2v) is 6.35. The van der Waals surface area contributed by atoms with Crippen LogP contribution in [-0.2, 0) is 17.9 Å². The van der Waals surface area contributed by atoms with Gasteiger partial charge in [-0.1, -0.05) is 38.1 Å². The van der Waals surface area contributed by atoms with Gasteiger partial charge in [0, 0.05) is 32.8 Å². The molecule has 114 valence electrons. The number of hydrogen-bond donors (Lipinski definition) is 1. The molecule has 1 unspecified atom stereocenters. The van der Waals surface area contributed by atoms with Gasteiger partial charge in [-0.2, -0.15) is 0 Å². The first-order valence-electron chi connectivity index (χ1n) is 7.06. The van der Waals surface area contributed by atoms with Crippen LogP contribution in [0.2, 0.25) is 0 Å². The Kier molecular flexibility index (Phi) is 6.46. The van der Waals surface area contributed by atoms with Crippen LogP contribution in [0.5, 0.6) is 0 Å². The van der Waals surface area contributed by atoms with Crippen LogP contribution >= 0.6 is 12.4 Å². The van der Waals surface area contributed by atoms with Gasteiger partial charge >= 0.3 is 0 Å². The fourth-order valence-corrected chi connectivity index (χ4v) is 2.86. The Hall–Kier alpha value is -0.610. The lowest BCUT2D eigenvalue weighted by Crippen LogP contribution is -2.52. The molecule has 1 aromatic rings. The molecule has 20 heavy (non-hydrogen) atoms. The third kappa shape index (κ3) is 4.45. The second-order valence-electron chi connectivity index (χ2n) is 6.35. The fourth-order valence-electron chi connectivity index (χ4n) is 2.86. The summed E-state index contributed by atoms with van der Waals surface area (Å²) < 4.78 is 5.19. The number of likely N-dealkylation sites (tertiary alicyclic amines) is 1. The van der Waals surface area contributed by atoms with Gasteiger partial charge in [0.15, 0.2) is 0 Å². The highest BCUT2D eigenvalue weighted by atomic mass is 35.5. The van der Waals surface area contributed by atoms with Gasteiger partial charge < -0.3 is 10.5 Å². The molecular weight excluding hydrogens is 272 g/mol. The number of hydrogen-bond acceptors (Lipinski definition) is 3. The SMILES string of the molecule is COCc1cccc(CN2CCC(N)C(C)(C)C2)c1.Cl. The standard InChI is InChI=1S/C16H26N2O.ClH/c1-16(2)12-18(8-7-15(16)17)10-13-5-4-6-14(9-13)11-19-3;/h4-6,9,15H,7-8,10-12,17H2,1-3H3;1H. The van der Waals surface area contributed by atoms with E-state index in [0.29, 0.717) is 12.6 Å². The zero-order valence-electron chi connectivity index (χ0n) is 12.8. The van der Waals surface area contributed by atoms with Crippen LogP contribution in [0, 0.1) is 5.41 Å².